The van der Waals surface area contributed by atoms with Crippen LogP contribution in [0.4, 0.5) is 5.13 Å². The van der Waals surface area contributed by atoms with Crippen LogP contribution in [0.2, 0.25) is 0 Å². The highest BCUT2D eigenvalue weighted by Gasteiger charge is 2.06. The van der Waals surface area contributed by atoms with Crippen molar-refractivity contribution >= 4 is 34.2 Å². The van der Waals surface area contributed by atoms with E-state index in [1.165, 1.54) is 29.2 Å². The molecule has 1 aromatic rings. The average Bonchev–Trinajstić information content (AvgIpc) is 2.61. The zero-order chi connectivity index (χ0) is 12.1. The fourth-order valence-corrected chi connectivity index (χ4v) is 2.54. The first-order valence-corrected chi connectivity index (χ1v) is 6.33. The van der Waals surface area contributed by atoms with Crippen LogP contribution in [-0.2, 0) is 4.79 Å². The van der Waals surface area contributed by atoms with Gasteiger partial charge >= 0.3 is 5.97 Å². The number of aliphatic carboxylic acids is 1. The van der Waals surface area contributed by atoms with Gasteiger partial charge < -0.3 is 10.0 Å². The lowest BCUT2D eigenvalue weighted by Gasteiger charge is -2.03. The molecule has 0 spiro atoms. The van der Waals surface area contributed by atoms with Crippen LogP contribution in [0.15, 0.2) is 16.0 Å². The SMILES string of the molecule is CC(=CC(=O)O)CSc1nnc(N(C)C)s1. The molecule has 0 aliphatic carbocycles. The third-order valence-electron chi connectivity index (χ3n) is 1.57. The van der Waals surface area contributed by atoms with Crippen LogP contribution in [0.25, 0.3) is 0 Å². The Balaban J connectivity index is 2.51. The van der Waals surface area contributed by atoms with Crippen LogP contribution in [0.1, 0.15) is 6.92 Å². The number of anilines is 1. The lowest BCUT2D eigenvalue weighted by Crippen LogP contribution is -2.07. The first-order valence-electron chi connectivity index (χ1n) is 4.52. The van der Waals surface area contributed by atoms with Crippen LogP contribution >= 0.6 is 23.1 Å². The molecule has 1 aromatic heterocycles. The Labute approximate surface area is 102 Å². The summed E-state index contributed by atoms with van der Waals surface area (Å²) in [5.74, 6) is -0.293. The summed E-state index contributed by atoms with van der Waals surface area (Å²) in [5, 5.41) is 17.4. The van der Waals surface area contributed by atoms with Crippen LogP contribution in [0.5, 0.6) is 0 Å². The van der Waals surface area contributed by atoms with E-state index in [0.29, 0.717) is 5.75 Å². The summed E-state index contributed by atoms with van der Waals surface area (Å²) in [6, 6.07) is 0. The number of nitrogens with zero attached hydrogens (tertiary/aromatic N) is 3. The molecule has 0 bridgehead atoms. The van der Waals surface area contributed by atoms with Crippen molar-refractivity contribution in [2.45, 2.75) is 11.3 Å². The Morgan fingerprint density at radius 2 is 2.25 bits per heavy atom. The molecule has 1 N–H and O–H groups in total. The molecule has 0 unspecified atom stereocenters. The number of carboxylic acids is 1. The Morgan fingerprint density at radius 1 is 1.56 bits per heavy atom. The van der Waals surface area contributed by atoms with Crippen LogP contribution in [0.3, 0.4) is 0 Å². The Morgan fingerprint density at radius 3 is 2.75 bits per heavy atom. The first-order chi connectivity index (χ1) is 7.49. The van der Waals surface area contributed by atoms with E-state index in [-0.39, 0.29) is 0 Å². The van der Waals surface area contributed by atoms with E-state index in [4.69, 9.17) is 5.11 Å². The van der Waals surface area contributed by atoms with Gasteiger partial charge in [0.2, 0.25) is 5.13 Å². The molecule has 0 saturated heterocycles. The molecule has 5 nitrogen and oxygen atoms in total. The van der Waals surface area contributed by atoms with E-state index in [2.05, 4.69) is 10.2 Å². The van der Waals surface area contributed by atoms with E-state index in [9.17, 15) is 4.79 Å². The summed E-state index contributed by atoms with van der Waals surface area (Å²) >= 11 is 2.99. The minimum absolute atomic E-state index is 0.619. The van der Waals surface area contributed by atoms with Gasteiger partial charge in [-0.2, -0.15) is 0 Å². The smallest absolute Gasteiger partial charge is 0.328 e. The first kappa shape index (κ1) is 13.0. The number of hydrogen-bond acceptors (Lipinski definition) is 6. The van der Waals surface area contributed by atoms with Gasteiger partial charge in [0.15, 0.2) is 4.34 Å². The maximum Gasteiger partial charge on any atom is 0.328 e. The van der Waals surface area contributed by atoms with Crippen molar-refractivity contribution < 1.29 is 9.90 Å². The molecule has 0 aliphatic heterocycles. The van der Waals surface area contributed by atoms with E-state index in [1.54, 1.807) is 6.92 Å². The monoisotopic (exact) mass is 259 g/mol. The molecule has 88 valence electrons. The second-order valence-electron chi connectivity index (χ2n) is 3.36. The minimum atomic E-state index is -0.913. The van der Waals surface area contributed by atoms with Gasteiger partial charge in [-0.25, -0.2) is 4.79 Å². The van der Waals surface area contributed by atoms with Crippen LogP contribution in [0, 0.1) is 0 Å². The maximum absolute atomic E-state index is 10.4. The molecule has 1 heterocycles. The average molecular weight is 259 g/mol. The van der Waals surface area contributed by atoms with Gasteiger partial charge in [0.1, 0.15) is 0 Å². The van der Waals surface area contributed by atoms with E-state index >= 15 is 0 Å². The molecule has 1 rings (SSSR count). The van der Waals surface area contributed by atoms with Gasteiger partial charge in [-0.3, -0.25) is 0 Å². The molecule has 0 fully saturated rings. The Bertz CT molecular complexity index is 401. The predicted octanol–water partition coefficient (Wildman–Crippen LogP) is 1.73. The third-order valence-corrected chi connectivity index (χ3v) is 3.99. The van der Waals surface area contributed by atoms with E-state index in [1.807, 2.05) is 19.0 Å². The normalized spacial score (nSPS) is 11.6. The molecule has 0 atom stereocenters. The van der Waals surface area contributed by atoms with Crippen molar-refractivity contribution in [1.82, 2.24) is 10.2 Å². The van der Waals surface area contributed by atoms with Crippen molar-refractivity contribution in [2.24, 2.45) is 0 Å². The van der Waals surface area contributed by atoms with Crippen LogP contribution < -0.4 is 4.90 Å². The van der Waals surface area contributed by atoms with Crippen molar-refractivity contribution in [3.63, 3.8) is 0 Å². The summed E-state index contributed by atoms with van der Waals surface area (Å²) < 4.78 is 0.849. The summed E-state index contributed by atoms with van der Waals surface area (Å²) in [6.07, 6.45) is 1.21. The molecule has 0 aliphatic rings. The quantitative estimate of drug-likeness (QED) is 0.641. The highest BCUT2D eigenvalue weighted by Crippen LogP contribution is 2.27. The number of carboxylic acid groups (broad SMARTS) is 1. The van der Waals surface area contributed by atoms with Crippen molar-refractivity contribution in [3.8, 4) is 0 Å². The molecule has 16 heavy (non-hydrogen) atoms. The largest absolute Gasteiger partial charge is 0.478 e. The van der Waals surface area contributed by atoms with E-state index in [0.717, 1.165) is 15.0 Å². The zero-order valence-electron chi connectivity index (χ0n) is 9.30. The lowest BCUT2D eigenvalue weighted by molar-refractivity contribution is -0.131. The fraction of sp³-hybridized carbons (Fsp3) is 0.444. The number of carbonyl (C=O) groups is 1. The Hall–Kier alpha value is -1.08. The minimum Gasteiger partial charge on any atom is -0.478 e. The molecule has 0 saturated carbocycles. The number of aromatic nitrogens is 2. The highest BCUT2D eigenvalue weighted by atomic mass is 32.2. The molecular weight excluding hydrogens is 246 g/mol. The van der Waals surface area contributed by atoms with Crippen molar-refractivity contribution in [1.29, 1.82) is 0 Å². The van der Waals surface area contributed by atoms with E-state index < -0.39 is 5.97 Å². The molecule has 0 radical (unpaired) electrons. The second kappa shape index (κ2) is 5.86. The maximum atomic E-state index is 10.4. The number of rotatable bonds is 5. The van der Waals surface area contributed by atoms with Crippen LogP contribution in [-0.4, -0.2) is 41.1 Å². The van der Waals surface area contributed by atoms with Crippen molar-refractivity contribution in [3.05, 3.63) is 11.6 Å². The highest BCUT2D eigenvalue weighted by molar-refractivity contribution is 8.01. The summed E-state index contributed by atoms with van der Waals surface area (Å²) in [6.45, 7) is 1.79. The van der Waals surface area contributed by atoms with Gasteiger partial charge in [-0.1, -0.05) is 28.7 Å². The summed E-state index contributed by atoms with van der Waals surface area (Å²) in [4.78, 5) is 12.3. The number of thioether (sulfide) groups is 1. The number of hydrogen-bond donors (Lipinski definition) is 1. The van der Waals surface area contributed by atoms with Gasteiger partial charge in [0, 0.05) is 25.9 Å². The molecular formula is C9H13N3O2S2. The lowest BCUT2D eigenvalue weighted by atomic mass is 10.3. The topological polar surface area (TPSA) is 66.3 Å². The summed E-state index contributed by atoms with van der Waals surface area (Å²) in [5.41, 5.74) is 0.805. The molecule has 0 aromatic carbocycles. The Kier molecular flexibility index (Phi) is 4.75. The summed E-state index contributed by atoms with van der Waals surface area (Å²) in [7, 11) is 3.81. The second-order valence-corrected chi connectivity index (χ2v) is 5.54. The van der Waals surface area contributed by atoms with Gasteiger partial charge in [0.25, 0.3) is 0 Å². The molecule has 0 amide bonds. The zero-order valence-corrected chi connectivity index (χ0v) is 10.9. The fourth-order valence-electron chi connectivity index (χ4n) is 0.870. The predicted molar refractivity (Wildman–Crippen MR) is 66.4 cm³/mol. The van der Waals surface area contributed by atoms with Gasteiger partial charge in [-0.05, 0) is 6.92 Å². The standard InChI is InChI=1S/C9H13N3O2S2/c1-6(4-7(13)14)5-15-9-11-10-8(16-9)12(2)3/h4H,5H2,1-3H3,(H,13,14). The van der Waals surface area contributed by atoms with Gasteiger partial charge in [-0.15, -0.1) is 10.2 Å². The third kappa shape index (κ3) is 4.19. The van der Waals surface area contributed by atoms with Crippen molar-refractivity contribution in [2.75, 3.05) is 24.7 Å². The van der Waals surface area contributed by atoms with Gasteiger partial charge in [0.05, 0.1) is 0 Å². The molecule has 7 heteroatoms.